The highest BCUT2D eigenvalue weighted by atomic mass is 16.4. The van der Waals surface area contributed by atoms with Gasteiger partial charge in [-0.25, -0.2) is 0 Å². The molecule has 2 fully saturated rings. The number of nitrogens with one attached hydrogen (secondary N) is 1. The molecule has 0 spiro atoms. The first kappa shape index (κ1) is 13.5. The molecule has 1 aliphatic carbocycles. The van der Waals surface area contributed by atoms with E-state index in [1.54, 1.807) is 13.8 Å². The van der Waals surface area contributed by atoms with E-state index in [2.05, 4.69) is 5.32 Å². The third kappa shape index (κ3) is 2.09. The quantitative estimate of drug-likeness (QED) is 0.528. The Kier molecular flexibility index (Phi) is 3.07. The minimum Gasteiger partial charge on any atom is -0.480 e. The number of imide groups is 1. The Morgan fingerprint density at radius 1 is 1.37 bits per heavy atom. The Bertz CT molecular complexity index is 467. The van der Waals surface area contributed by atoms with Crippen LogP contribution in [0.15, 0.2) is 0 Å². The molecular formula is C12H16N2O5. The van der Waals surface area contributed by atoms with E-state index in [1.165, 1.54) is 0 Å². The number of carbonyl (C=O) groups is 4. The molecule has 2 rings (SSSR count). The van der Waals surface area contributed by atoms with Gasteiger partial charge < -0.3 is 10.4 Å². The van der Waals surface area contributed by atoms with Crippen LogP contribution in [0.25, 0.3) is 0 Å². The molecule has 0 radical (unpaired) electrons. The summed E-state index contributed by atoms with van der Waals surface area (Å²) >= 11 is 0. The number of aliphatic carboxylic acids is 1. The average molecular weight is 268 g/mol. The number of likely N-dealkylation sites (tertiary alicyclic amines) is 1. The Balaban J connectivity index is 2.06. The lowest BCUT2D eigenvalue weighted by Gasteiger charge is -2.19. The highest BCUT2D eigenvalue weighted by Crippen LogP contribution is 2.46. The smallest absolute Gasteiger partial charge is 0.319 e. The molecule has 19 heavy (non-hydrogen) atoms. The number of hydrogen-bond donors (Lipinski definition) is 2. The molecule has 1 aliphatic heterocycles. The fourth-order valence-electron chi connectivity index (χ4n) is 2.27. The molecule has 104 valence electrons. The van der Waals surface area contributed by atoms with Crippen molar-refractivity contribution in [3.05, 3.63) is 0 Å². The summed E-state index contributed by atoms with van der Waals surface area (Å²) in [4.78, 5) is 47.6. The summed E-state index contributed by atoms with van der Waals surface area (Å²) in [6, 6.07) is -1.20. The number of amides is 3. The van der Waals surface area contributed by atoms with Gasteiger partial charge in [-0.15, -0.1) is 0 Å². The van der Waals surface area contributed by atoms with Crippen LogP contribution < -0.4 is 5.32 Å². The molecule has 0 aromatic heterocycles. The van der Waals surface area contributed by atoms with E-state index in [0.717, 1.165) is 4.90 Å². The summed E-state index contributed by atoms with van der Waals surface area (Å²) in [5, 5.41) is 11.4. The lowest BCUT2D eigenvalue weighted by molar-refractivity contribution is -0.150. The monoisotopic (exact) mass is 268 g/mol. The van der Waals surface area contributed by atoms with Gasteiger partial charge in [-0.2, -0.15) is 0 Å². The second-order valence-electron chi connectivity index (χ2n) is 5.31. The van der Waals surface area contributed by atoms with Gasteiger partial charge in [0.2, 0.25) is 11.8 Å². The number of carboxylic acid groups (broad SMARTS) is 1. The van der Waals surface area contributed by atoms with Gasteiger partial charge in [-0.1, -0.05) is 0 Å². The minimum atomic E-state index is -1.39. The molecule has 2 N–H and O–H groups in total. The maximum atomic E-state index is 12.0. The van der Waals surface area contributed by atoms with Crippen LogP contribution in [-0.4, -0.2) is 45.8 Å². The van der Waals surface area contributed by atoms with E-state index in [-0.39, 0.29) is 31.2 Å². The van der Waals surface area contributed by atoms with Gasteiger partial charge in [0.05, 0.1) is 6.42 Å². The maximum absolute atomic E-state index is 12.0. The molecule has 7 heteroatoms. The number of rotatable bonds is 4. The largest absolute Gasteiger partial charge is 0.480 e. The first-order valence-corrected chi connectivity index (χ1v) is 6.20. The van der Waals surface area contributed by atoms with Crippen LogP contribution in [0.4, 0.5) is 0 Å². The minimum absolute atomic E-state index is 0.0988. The third-order valence-electron chi connectivity index (χ3n) is 3.60. The molecule has 1 saturated carbocycles. The van der Waals surface area contributed by atoms with Crippen molar-refractivity contribution in [2.75, 3.05) is 0 Å². The maximum Gasteiger partial charge on any atom is 0.319 e. The molecule has 1 heterocycles. The lowest BCUT2D eigenvalue weighted by Crippen LogP contribution is -2.47. The Labute approximate surface area is 109 Å². The van der Waals surface area contributed by atoms with Crippen LogP contribution in [0, 0.1) is 5.41 Å². The number of nitrogens with zero attached hydrogens (tertiary/aromatic N) is 1. The van der Waals surface area contributed by atoms with Crippen LogP contribution in [0.5, 0.6) is 0 Å². The van der Waals surface area contributed by atoms with E-state index in [1.807, 2.05) is 0 Å². The van der Waals surface area contributed by atoms with Crippen LogP contribution >= 0.6 is 0 Å². The van der Waals surface area contributed by atoms with Crippen molar-refractivity contribution in [3.8, 4) is 0 Å². The fraction of sp³-hybridized carbons (Fsp3) is 0.667. The Hall–Kier alpha value is -1.92. The van der Waals surface area contributed by atoms with Crippen molar-refractivity contribution < 1.29 is 24.3 Å². The Morgan fingerprint density at radius 2 is 1.95 bits per heavy atom. The van der Waals surface area contributed by atoms with Crippen molar-refractivity contribution in [3.63, 3.8) is 0 Å². The molecular weight excluding hydrogens is 252 g/mol. The topological polar surface area (TPSA) is 104 Å². The summed E-state index contributed by atoms with van der Waals surface area (Å²) in [6.45, 7) is 3.42. The van der Waals surface area contributed by atoms with E-state index in [0.29, 0.717) is 0 Å². The first-order valence-electron chi connectivity index (χ1n) is 6.20. The Morgan fingerprint density at radius 3 is 2.32 bits per heavy atom. The van der Waals surface area contributed by atoms with Gasteiger partial charge >= 0.3 is 5.97 Å². The highest BCUT2D eigenvalue weighted by Gasteiger charge is 2.58. The van der Waals surface area contributed by atoms with Gasteiger partial charge in [0.25, 0.3) is 5.91 Å². The molecule has 0 bridgehead atoms. The van der Waals surface area contributed by atoms with E-state index in [4.69, 9.17) is 5.11 Å². The standard InChI is InChI=1S/C12H16N2O5/c1-6(2)14-8(15)5-7(9(14)16)13-10(17)12(3-4-12)11(18)19/h6-7H,3-5H2,1-2H3,(H,13,17)(H,18,19). The van der Waals surface area contributed by atoms with Gasteiger partial charge in [0.1, 0.15) is 11.5 Å². The molecule has 0 aromatic rings. The summed E-state index contributed by atoms with van der Waals surface area (Å²) < 4.78 is 0. The van der Waals surface area contributed by atoms with Gasteiger partial charge in [-0.3, -0.25) is 24.1 Å². The lowest BCUT2D eigenvalue weighted by atomic mass is 10.1. The molecule has 1 atom stereocenters. The van der Waals surface area contributed by atoms with Crippen molar-refractivity contribution in [2.45, 2.75) is 45.2 Å². The third-order valence-corrected chi connectivity index (χ3v) is 3.60. The van der Waals surface area contributed by atoms with Gasteiger partial charge in [0.15, 0.2) is 0 Å². The number of carbonyl (C=O) groups excluding carboxylic acids is 3. The second kappa shape index (κ2) is 4.32. The summed E-state index contributed by atoms with van der Waals surface area (Å²) in [7, 11) is 0. The van der Waals surface area contributed by atoms with Crippen LogP contribution in [0.3, 0.4) is 0 Å². The van der Waals surface area contributed by atoms with Crippen LogP contribution in [-0.2, 0) is 19.2 Å². The highest BCUT2D eigenvalue weighted by molar-refractivity contribution is 6.10. The molecule has 3 amide bonds. The molecule has 1 saturated heterocycles. The number of carboxylic acids is 1. The summed E-state index contributed by atoms with van der Waals surface area (Å²) in [5.41, 5.74) is -1.39. The zero-order valence-electron chi connectivity index (χ0n) is 10.8. The molecule has 2 aliphatic rings. The van der Waals surface area contributed by atoms with Crippen LogP contribution in [0.2, 0.25) is 0 Å². The zero-order chi connectivity index (χ0) is 14.4. The fourth-order valence-corrected chi connectivity index (χ4v) is 2.27. The van der Waals surface area contributed by atoms with Crippen molar-refractivity contribution >= 4 is 23.7 Å². The predicted octanol–water partition coefficient (Wildman–Crippen LogP) is -0.497. The predicted molar refractivity (Wildman–Crippen MR) is 62.8 cm³/mol. The summed E-state index contributed by atoms with van der Waals surface area (Å²) in [6.07, 6.45) is 0.451. The van der Waals surface area contributed by atoms with E-state index < -0.39 is 29.2 Å². The van der Waals surface area contributed by atoms with Crippen molar-refractivity contribution in [1.29, 1.82) is 0 Å². The summed E-state index contributed by atoms with van der Waals surface area (Å²) in [5.74, 6) is -2.65. The zero-order valence-corrected chi connectivity index (χ0v) is 10.8. The van der Waals surface area contributed by atoms with Crippen LogP contribution in [0.1, 0.15) is 33.1 Å². The average Bonchev–Trinajstić information content (AvgIpc) is 3.03. The van der Waals surface area contributed by atoms with Crippen molar-refractivity contribution in [2.24, 2.45) is 5.41 Å². The molecule has 0 aromatic carbocycles. The van der Waals surface area contributed by atoms with Gasteiger partial charge in [0, 0.05) is 6.04 Å². The van der Waals surface area contributed by atoms with E-state index in [9.17, 15) is 19.2 Å². The van der Waals surface area contributed by atoms with E-state index >= 15 is 0 Å². The molecule has 1 unspecified atom stereocenters. The second-order valence-corrected chi connectivity index (χ2v) is 5.31. The van der Waals surface area contributed by atoms with Gasteiger partial charge in [-0.05, 0) is 26.7 Å². The SMILES string of the molecule is CC(C)N1C(=O)CC(NC(=O)C2(C(=O)O)CC2)C1=O. The number of hydrogen-bond acceptors (Lipinski definition) is 4. The first-order chi connectivity index (χ1) is 8.79. The normalized spacial score (nSPS) is 24.8. The molecule has 7 nitrogen and oxygen atoms in total. The van der Waals surface area contributed by atoms with Crippen molar-refractivity contribution in [1.82, 2.24) is 10.2 Å².